The molecule has 162 valence electrons. The van der Waals surface area contributed by atoms with E-state index in [0.717, 1.165) is 42.7 Å². The molecular formula is C23H27N5O3. The molecule has 4 rings (SSSR count). The summed E-state index contributed by atoms with van der Waals surface area (Å²) in [7, 11) is 3.23. The van der Waals surface area contributed by atoms with Gasteiger partial charge in [-0.15, -0.1) is 0 Å². The zero-order chi connectivity index (χ0) is 21.6. The van der Waals surface area contributed by atoms with Crippen molar-refractivity contribution in [3.05, 3.63) is 48.9 Å². The number of pyridine rings is 1. The first-order valence-electron chi connectivity index (χ1n) is 10.3. The molecule has 1 aliphatic carbocycles. The second-order valence-electron chi connectivity index (χ2n) is 7.57. The fourth-order valence-electron chi connectivity index (χ4n) is 3.67. The van der Waals surface area contributed by atoms with Crippen molar-refractivity contribution in [2.24, 2.45) is 5.73 Å². The number of nitrogens with one attached hydrogen (secondary N) is 1. The lowest BCUT2D eigenvalue weighted by Gasteiger charge is -2.28. The molecule has 1 aliphatic rings. The predicted octanol–water partition coefficient (Wildman–Crippen LogP) is 4.03. The Balaban J connectivity index is 1.65. The van der Waals surface area contributed by atoms with E-state index in [1.807, 2.05) is 30.3 Å². The number of methoxy groups -OCH3 is 2. The first-order chi connectivity index (χ1) is 15.1. The maximum Gasteiger partial charge on any atom is 0.246 e. The minimum Gasteiger partial charge on any atom is -0.497 e. The summed E-state index contributed by atoms with van der Waals surface area (Å²) >= 11 is 0. The quantitative estimate of drug-likeness (QED) is 0.589. The van der Waals surface area contributed by atoms with Crippen LogP contribution in [0.25, 0.3) is 11.4 Å². The highest BCUT2D eigenvalue weighted by Gasteiger charge is 2.21. The maximum absolute atomic E-state index is 6.16. The number of hydrogen-bond acceptors (Lipinski definition) is 8. The van der Waals surface area contributed by atoms with Crippen molar-refractivity contribution in [2.75, 3.05) is 19.5 Å². The Labute approximate surface area is 181 Å². The zero-order valence-corrected chi connectivity index (χ0v) is 17.7. The van der Waals surface area contributed by atoms with E-state index in [1.54, 1.807) is 32.8 Å². The minimum absolute atomic E-state index is 0.209. The van der Waals surface area contributed by atoms with Crippen molar-refractivity contribution < 1.29 is 14.2 Å². The number of rotatable bonds is 7. The summed E-state index contributed by atoms with van der Waals surface area (Å²) in [6.07, 6.45) is 9.21. The summed E-state index contributed by atoms with van der Waals surface area (Å²) in [6.45, 7) is 0. The van der Waals surface area contributed by atoms with Crippen molar-refractivity contribution in [1.29, 1.82) is 0 Å². The molecule has 2 heterocycles. The van der Waals surface area contributed by atoms with Gasteiger partial charge < -0.3 is 25.3 Å². The van der Waals surface area contributed by atoms with E-state index in [4.69, 9.17) is 19.9 Å². The minimum atomic E-state index is 0.209. The molecule has 3 N–H and O–H groups in total. The second-order valence-corrected chi connectivity index (χ2v) is 7.57. The number of nitrogens with two attached hydrogens (primary N) is 1. The van der Waals surface area contributed by atoms with Crippen LogP contribution in [0.4, 0.5) is 5.69 Å². The van der Waals surface area contributed by atoms with Gasteiger partial charge in [0, 0.05) is 23.8 Å². The fraction of sp³-hybridized carbons (Fsp3) is 0.348. The third-order valence-electron chi connectivity index (χ3n) is 5.31. The van der Waals surface area contributed by atoms with Crippen LogP contribution in [-0.2, 0) is 0 Å². The van der Waals surface area contributed by atoms with Crippen molar-refractivity contribution in [1.82, 2.24) is 15.0 Å². The van der Waals surface area contributed by atoms with Gasteiger partial charge in [0.05, 0.1) is 26.6 Å². The molecular weight excluding hydrogens is 394 g/mol. The Morgan fingerprint density at radius 3 is 2.48 bits per heavy atom. The highest BCUT2D eigenvalue weighted by atomic mass is 16.5. The van der Waals surface area contributed by atoms with Gasteiger partial charge in [0.2, 0.25) is 5.88 Å². The van der Waals surface area contributed by atoms with E-state index in [1.165, 1.54) is 0 Å². The van der Waals surface area contributed by atoms with Crippen LogP contribution in [-0.4, -0.2) is 41.3 Å². The molecule has 0 unspecified atom stereocenters. The van der Waals surface area contributed by atoms with Gasteiger partial charge in [-0.1, -0.05) is 0 Å². The molecule has 8 heteroatoms. The molecule has 0 amide bonds. The van der Waals surface area contributed by atoms with Gasteiger partial charge in [0.25, 0.3) is 0 Å². The van der Waals surface area contributed by atoms with Gasteiger partial charge in [-0.3, -0.25) is 4.98 Å². The van der Waals surface area contributed by atoms with Crippen molar-refractivity contribution in [2.45, 2.75) is 37.8 Å². The van der Waals surface area contributed by atoms with E-state index in [-0.39, 0.29) is 12.1 Å². The Morgan fingerprint density at radius 2 is 1.74 bits per heavy atom. The zero-order valence-electron chi connectivity index (χ0n) is 17.7. The summed E-state index contributed by atoms with van der Waals surface area (Å²) in [4.78, 5) is 13.4. The molecule has 8 nitrogen and oxygen atoms in total. The SMILES string of the molecule is COc1ccc(Oc2nc(-c3cncc(OC)c3)ncc2N[C@@H]2CCC[C@H](N)C2)cc1. The normalized spacial score (nSPS) is 18.3. The molecule has 1 aromatic carbocycles. The summed E-state index contributed by atoms with van der Waals surface area (Å²) in [6, 6.07) is 9.68. The Kier molecular flexibility index (Phi) is 6.47. The Bertz CT molecular complexity index is 1010. The van der Waals surface area contributed by atoms with Crippen molar-refractivity contribution >= 4 is 5.69 Å². The molecule has 2 atom stereocenters. The van der Waals surface area contributed by atoms with Crippen LogP contribution < -0.4 is 25.3 Å². The molecule has 2 aromatic heterocycles. The Morgan fingerprint density at radius 1 is 0.968 bits per heavy atom. The van der Waals surface area contributed by atoms with Crippen LogP contribution in [0.2, 0.25) is 0 Å². The molecule has 0 aliphatic heterocycles. The predicted molar refractivity (Wildman–Crippen MR) is 119 cm³/mol. The smallest absolute Gasteiger partial charge is 0.246 e. The average molecular weight is 422 g/mol. The van der Waals surface area contributed by atoms with E-state index in [9.17, 15) is 0 Å². The number of hydrogen-bond donors (Lipinski definition) is 2. The van der Waals surface area contributed by atoms with Crippen LogP contribution in [0.3, 0.4) is 0 Å². The summed E-state index contributed by atoms with van der Waals surface area (Å²) in [5.74, 6) is 2.99. The van der Waals surface area contributed by atoms with Gasteiger partial charge in [-0.05, 0) is 56.0 Å². The average Bonchev–Trinajstić information content (AvgIpc) is 2.81. The number of ether oxygens (including phenoxy) is 3. The van der Waals surface area contributed by atoms with Gasteiger partial charge >= 0.3 is 0 Å². The van der Waals surface area contributed by atoms with Crippen molar-refractivity contribution in [3.63, 3.8) is 0 Å². The highest BCUT2D eigenvalue weighted by Crippen LogP contribution is 2.32. The summed E-state index contributed by atoms with van der Waals surface area (Å²) < 4.78 is 16.6. The first kappa shape index (κ1) is 20.9. The number of nitrogens with zero attached hydrogens (tertiary/aromatic N) is 3. The largest absolute Gasteiger partial charge is 0.497 e. The van der Waals surface area contributed by atoms with Gasteiger partial charge in [-0.25, -0.2) is 4.98 Å². The maximum atomic E-state index is 6.16. The summed E-state index contributed by atoms with van der Waals surface area (Å²) in [5, 5.41) is 3.53. The van der Waals surface area contributed by atoms with Crippen molar-refractivity contribution in [3.8, 4) is 34.5 Å². The highest BCUT2D eigenvalue weighted by molar-refractivity contribution is 5.61. The molecule has 0 saturated heterocycles. The molecule has 0 radical (unpaired) electrons. The van der Waals surface area contributed by atoms with E-state index >= 15 is 0 Å². The van der Waals surface area contributed by atoms with Crippen LogP contribution in [0.1, 0.15) is 25.7 Å². The third kappa shape index (κ3) is 5.21. The molecule has 0 bridgehead atoms. The Hall–Kier alpha value is -3.39. The van der Waals surface area contributed by atoms with Crippen LogP contribution in [0.5, 0.6) is 23.1 Å². The topological polar surface area (TPSA) is 104 Å². The second kappa shape index (κ2) is 9.61. The lowest BCUT2D eigenvalue weighted by molar-refractivity contribution is 0.405. The van der Waals surface area contributed by atoms with E-state index < -0.39 is 0 Å². The lowest BCUT2D eigenvalue weighted by Crippen LogP contribution is -2.35. The van der Waals surface area contributed by atoms with E-state index in [2.05, 4.69) is 20.3 Å². The summed E-state index contributed by atoms with van der Waals surface area (Å²) in [5.41, 5.74) is 7.63. The van der Waals surface area contributed by atoms with Gasteiger partial charge in [0.1, 0.15) is 22.9 Å². The molecule has 1 fully saturated rings. The number of aromatic nitrogens is 3. The van der Waals surface area contributed by atoms with E-state index in [0.29, 0.717) is 23.2 Å². The monoisotopic (exact) mass is 421 g/mol. The third-order valence-corrected chi connectivity index (χ3v) is 5.31. The molecule has 3 aromatic rings. The number of benzene rings is 1. The van der Waals surface area contributed by atoms with Gasteiger partial charge in [0.15, 0.2) is 5.82 Å². The molecule has 1 saturated carbocycles. The molecule has 31 heavy (non-hydrogen) atoms. The van der Waals surface area contributed by atoms with Gasteiger partial charge in [-0.2, -0.15) is 4.98 Å². The fourth-order valence-corrected chi connectivity index (χ4v) is 3.67. The molecule has 0 spiro atoms. The van der Waals surface area contributed by atoms with Crippen LogP contribution in [0.15, 0.2) is 48.9 Å². The standard InChI is InChI=1S/C23H27N5O3/c1-29-18-6-8-19(9-7-18)31-23-21(27-17-5-3-4-16(24)11-17)14-26-22(28-23)15-10-20(30-2)13-25-12-15/h6-10,12-14,16-17,27H,3-5,11,24H2,1-2H3/t16-,17+/m0/s1. The first-order valence-corrected chi connectivity index (χ1v) is 10.3. The van der Waals surface area contributed by atoms with Crippen LogP contribution >= 0.6 is 0 Å². The number of anilines is 1. The lowest BCUT2D eigenvalue weighted by atomic mass is 9.91. The van der Waals surface area contributed by atoms with Crippen LogP contribution in [0, 0.1) is 0 Å².